The van der Waals surface area contributed by atoms with E-state index in [1.807, 2.05) is 42.5 Å². The highest BCUT2D eigenvalue weighted by Crippen LogP contribution is 2.29. The fourth-order valence-electron chi connectivity index (χ4n) is 3.45. The molecular formula is C24H21N7O3S2. The Hall–Kier alpha value is -4.13. The average molecular weight is 520 g/mol. The van der Waals surface area contributed by atoms with Crippen LogP contribution in [0.2, 0.25) is 0 Å². The van der Waals surface area contributed by atoms with Crippen LogP contribution in [-0.2, 0) is 16.4 Å². The van der Waals surface area contributed by atoms with Crippen LogP contribution in [0.15, 0.2) is 77.7 Å². The molecule has 5 rings (SSSR count). The first-order valence-electron chi connectivity index (χ1n) is 10.8. The standard InChI is InChI=1S/C24H21N7O3S2/c1-34-21-12-11-19-22(31-21)35-24(28-19)30-20-14-17(13-15-5-3-2-4-6-15)27-23(29-20)26-16-7-9-18(10-8-16)36(25,32)33/h2-12,14H,13H2,1H3,(H2,25,32,33)(H2,26,27,28,29,30). The molecule has 0 fully saturated rings. The summed E-state index contributed by atoms with van der Waals surface area (Å²) in [5, 5.41) is 12.2. The number of benzene rings is 2. The normalized spacial score (nSPS) is 11.4. The van der Waals surface area contributed by atoms with Crippen molar-refractivity contribution in [2.24, 2.45) is 5.14 Å². The van der Waals surface area contributed by atoms with Gasteiger partial charge in [-0.05, 0) is 35.9 Å². The van der Waals surface area contributed by atoms with Gasteiger partial charge in [0.05, 0.1) is 17.7 Å². The second-order valence-electron chi connectivity index (χ2n) is 7.75. The molecule has 0 aliphatic rings. The highest BCUT2D eigenvalue weighted by molar-refractivity contribution is 7.89. The van der Waals surface area contributed by atoms with Crippen LogP contribution in [0.3, 0.4) is 0 Å². The number of thiazole rings is 1. The summed E-state index contributed by atoms with van der Waals surface area (Å²) >= 11 is 1.38. The first kappa shape index (κ1) is 23.6. The molecule has 36 heavy (non-hydrogen) atoms. The van der Waals surface area contributed by atoms with Gasteiger partial charge in [-0.25, -0.2) is 28.5 Å². The third-order valence-electron chi connectivity index (χ3n) is 5.12. The highest BCUT2D eigenvalue weighted by Gasteiger charge is 2.12. The number of hydrogen-bond acceptors (Lipinski definition) is 10. The summed E-state index contributed by atoms with van der Waals surface area (Å²) in [6, 6.07) is 21.5. The van der Waals surface area contributed by atoms with Crippen molar-refractivity contribution >= 4 is 54.3 Å². The fourth-order valence-corrected chi connectivity index (χ4v) is 4.80. The van der Waals surface area contributed by atoms with Crippen molar-refractivity contribution < 1.29 is 13.2 Å². The van der Waals surface area contributed by atoms with Crippen molar-refractivity contribution in [3.63, 3.8) is 0 Å². The first-order valence-corrected chi connectivity index (χ1v) is 13.1. The van der Waals surface area contributed by atoms with E-state index in [1.165, 1.54) is 23.5 Å². The first-order chi connectivity index (χ1) is 17.4. The summed E-state index contributed by atoms with van der Waals surface area (Å²) < 4.78 is 28.3. The second-order valence-corrected chi connectivity index (χ2v) is 10.3. The minimum absolute atomic E-state index is 0.0234. The zero-order valence-corrected chi connectivity index (χ0v) is 20.7. The molecule has 0 saturated carbocycles. The third-order valence-corrected chi connectivity index (χ3v) is 6.93. The summed E-state index contributed by atoms with van der Waals surface area (Å²) in [5.41, 5.74) is 3.24. The van der Waals surface area contributed by atoms with Crippen LogP contribution in [0.5, 0.6) is 5.88 Å². The molecule has 0 saturated heterocycles. The molecule has 0 unspecified atom stereocenters. The van der Waals surface area contributed by atoms with Gasteiger partial charge >= 0.3 is 0 Å². The minimum atomic E-state index is -3.78. The number of rotatable bonds is 8. The molecule has 0 radical (unpaired) electrons. The van der Waals surface area contributed by atoms with Gasteiger partial charge in [0.15, 0.2) is 5.13 Å². The van der Waals surface area contributed by atoms with E-state index in [0.717, 1.165) is 21.6 Å². The van der Waals surface area contributed by atoms with Gasteiger partial charge in [0.25, 0.3) is 0 Å². The second kappa shape index (κ2) is 9.85. The molecule has 12 heteroatoms. The van der Waals surface area contributed by atoms with Crippen LogP contribution >= 0.6 is 11.3 Å². The van der Waals surface area contributed by atoms with Crippen molar-refractivity contribution in [1.82, 2.24) is 19.9 Å². The number of nitrogens with one attached hydrogen (secondary N) is 2. The Kier molecular flexibility index (Phi) is 6.46. The number of nitrogens with two attached hydrogens (primary N) is 1. The van der Waals surface area contributed by atoms with Gasteiger partial charge < -0.3 is 15.4 Å². The molecule has 4 N–H and O–H groups in total. The van der Waals surface area contributed by atoms with Crippen LogP contribution in [0, 0.1) is 0 Å². The molecule has 2 aromatic carbocycles. The van der Waals surface area contributed by atoms with Gasteiger partial charge in [-0.15, -0.1) is 0 Å². The van der Waals surface area contributed by atoms with Crippen molar-refractivity contribution in [2.75, 3.05) is 17.7 Å². The maximum Gasteiger partial charge on any atom is 0.238 e. The van der Waals surface area contributed by atoms with E-state index in [0.29, 0.717) is 34.9 Å². The van der Waals surface area contributed by atoms with Crippen LogP contribution in [-0.4, -0.2) is 35.5 Å². The maximum atomic E-state index is 11.5. The number of primary sulfonamides is 1. The van der Waals surface area contributed by atoms with Gasteiger partial charge in [0, 0.05) is 24.2 Å². The van der Waals surface area contributed by atoms with Gasteiger partial charge in [0.2, 0.25) is 21.9 Å². The van der Waals surface area contributed by atoms with Crippen molar-refractivity contribution in [3.8, 4) is 5.88 Å². The number of hydrogen-bond donors (Lipinski definition) is 3. The topological polar surface area (TPSA) is 145 Å². The molecule has 10 nitrogen and oxygen atoms in total. The largest absolute Gasteiger partial charge is 0.481 e. The lowest BCUT2D eigenvalue weighted by atomic mass is 10.1. The fraction of sp³-hybridized carbons (Fsp3) is 0.0833. The van der Waals surface area contributed by atoms with Gasteiger partial charge in [-0.2, -0.15) is 4.98 Å². The lowest BCUT2D eigenvalue weighted by Gasteiger charge is -2.11. The number of fused-ring (bicyclic) bond motifs is 1. The summed E-state index contributed by atoms with van der Waals surface area (Å²) in [5.74, 6) is 1.41. The Morgan fingerprint density at radius 2 is 1.69 bits per heavy atom. The number of sulfonamides is 1. The molecule has 3 aromatic heterocycles. The molecule has 0 atom stereocenters. The molecule has 0 amide bonds. The Labute approximate surface area is 211 Å². The number of pyridine rings is 1. The minimum Gasteiger partial charge on any atom is -0.481 e. The smallest absolute Gasteiger partial charge is 0.238 e. The van der Waals surface area contributed by atoms with E-state index in [2.05, 4.69) is 30.6 Å². The number of ether oxygens (including phenoxy) is 1. The van der Waals surface area contributed by atoms with Crippen LogP contribution in [0.25, 0.3) is 10.3 Å². The lowest BCUT2D eigenvalue weighted by Crippen LogP contribution is -2.11. The maximum absolute atomic E-state index is 11.5. The van der Waals surface area contributed by atoms with Crippen LogP contribution < -0.4 is 20.5 Å². The van der Waals surface area contributed by atoms with E-state index in [-0.39, 0.29) is 4.90 Å². The molecular weight excluding hydrogens is 498 g/mol. The molecule has 0 bridgehead atoms. The lowest BCUT2D eigenvalue weighted by molar-refractivity contribution is 0.400. The van der Waals surface area contributed by atoms with Crippen molar-refractivity contribution in [3.05, 3.63) is 84.1 Å². The van der Waals surface area contributed by atoms with Crippen LogP contribution in [0.1, 0.15) is 11.3 Å². The summed E-state index contributed by atoms with van der Waals surface area (Å²) in [6.45, 7) is 0. The van der Waals surface area contributed by atoms with E-state index >= 15 is 0 Å². The number of anilines is 4. The van der Waals surface area contributed by atoms with Gasteiger partial charge in [-0.1, -0.05) is 41.7 Å². The molecule has 0 spiro atoms. The van der Waals surface area contributed by atoms with Crippen molar-refractivity contribution in [2.45, 2.75) is 11.3 Å². The predicted molar refractivity (Wildman–Crippen MR) is 140 cm³/mol. The Morgan fingerprint density at radius 1 is 0.917 bits per heavy atom. The highest BCUT2D eigenvalue weighted by atomic mass is 32.2. The number of aromatic nitrogens is 4. The number of nitrogens with zero attached hydrogens (tertiary/aromatic N) is 4. The zero-order chi connectivity index (χ0) is 25.1. The number of methoxy groups -OCH3 is 1. The van der Waals surface area contributed by atoms with Gasteiger partial charge in [0.1, 0.15) is 16.2 Å². The average Bonchev–Trinajstić information content (AvgIpc) is 3.25. The van der Waals surface area contributed by atoms with E-state index < -0.39 is 10.0 Å². The van der Waals surface area contributed by atoms with E-state index in [4.69, 9.17) is 9.88 Å². The quantitative estimate of drug-likeness (QED) is 0.274. The molecule has 3 heterocycles. The molecule has 0 aliphatic heterocycles. The SMILES string of the molecule is COc1ccc2nc(Nc3cc(Cc4ccccc4)nc(Nc4ccc(S(N)(=O)=O)cc4)n3)sc2n1. The monoisotopic (exact) mass is 519 g/mol. The van der Waals surface area contributed by atoms with Crippen LogP contribution in [0.4, 0.5) is 22.6 Å². The summed E-state index contributed by atoms with van der Waals surface area (Å²) in [6.07, 6.45) is 0.593. The Balaban J connectivity index is 1.46. The van der Waals surface area contributed by atoms with Gasteiger partial charge in [-0.3, -0.25) is 0 Å². The summed E-state index contributed by atoms with van der Waals surface area (Å²) in [7, 11) is -2.21. The van der Waals surface area contributed by atoms with Crippen molar-refractivity contribution in [1.29, 1.82) is 0 Å². The molecule has 5 aromatic rings. The molecule has 0 aliphatic carbocycles. The zero-order valence-electron chi connectivity index (χ0n) is 19.0. The predicted octanol–water partition coefficient (Wildman–Crippen LogP) is 4.22. The van der Waals surface area contributed by atoms with E-state index in [9.17, 15) is 8.42 Å². The van der Waals surface area contributed by atoms with E-state index in [1.54, 1.807) is 25.3 Å². The Morgan fingerprint density at radius 3 is 2.42 bits per heavy atom. The third kappa shape index (κ3) is 5.57. The summed E-state index contributed by atoms with van der Waals surface area (Å²) in [4.78, 5) is 19.0. The Bertz CT molecular complexity index is 1620. The molecule has 182 valence electrons.